The van der Waals surface area contributed by atoms with Crippen molar-refractivity contribution in [3.63, 3.8) is 0 Å². The first-order valence-corrected chi connectivity index (χ1v) is 12.9. The summed E-state index contributed by atoms with van der Waals surface area (Å²) in [4.78, 5) is 16.0. The summed E-state index contributed by atoms with van der Waals surface area (Å²) >= 11 is 0. The summed E-state index contributed by atoms with van der Waals surface area (Å²) in [6.07, 6.45) is 7.78. The molecule has 0 aromatic heterocycles. The zero-order chi connectivity index (χ0) is 22.8. The van der Waals surface area contributed by atoms with Gasteiger partial charge in [-0.05, 0) is 86.9 Å². The van der Waals surface area contributed by atoms with Crippen LogP contribution in [0.25, 0.3) is 0 Å². The lowest BCUT2D eigenvalue weighted by molar-refractivity contribution is -0.140. The number of carbonyl (C=O) groups is 1. The second kappa shape index (κ2) is 13.3. The summed E-state index contributed by atoms with van der Waals surface area (Å²) in [6, 6.07) is 9.17. The molecule has 0 aliphatic heterocycles. The number of carbonyl (C=O) groups excluding carboxylic acids is 1. The predicted molar refractivity (Wildman–Crippen MR) is 133 cm³/mol. The van der Waals surface area contributed by atoms with E-state index in [2.05, 4.69) is 76.0 Å². The predicted octanol–water partition coefficient (Wildman–Crippen LogP) is 6.77. The molecule has 1 amide bonds. The molecule has 1 unspecified atom stereocenters. The molecule has 1 aliphatic rings. The molecule has 1 atom stereocenters. The van der Waals surface area contributed by atoms with Crippen molar-refractivity contribution in [3.8, 4) is 0 Å². The highest BCUT2D eigenvalue weighted by Crippen LogP contribution is 2.31. The van der Waals surface area contributed by atoms with E-state index in [-0.39, 0.29) is 5.92 Å². The summed E-state index contributed by atoms with van der Waals surface area (Å²) < 4.78 is 0. The van der Waals surface area contributed by atoms with Gasteiger partial charge in [0, 0.05) is 18.5 Å². The van der Waals surface area contributed by atoms with Gasteiger partial charge in [0.25, 0.3) is 0 Å². The summed E-state index contributed by atoms with van der Waals surface area (Å²) in [5.41, 5.74) is 2.63. The summed E-state index contributed by atoms with van der Waals surface area (Å²) in [5, 5.41) is 3.61. The standard InChI is InChI=1S/C28H48N2O/c1-7-27(16-18-29-17-15-21(2)3)30(28(31)25-13-11-23(6)12-14-25)20-24-9-8-10-26(19-24)22(4)5/h8-10,19,21-23,25,27,29H,7,11-18,20H2,1-6H3. The van der Waals surface area contributed by atoms with Gasteiger partial charge in [0.2, 0.25) is 5.91 Å². The van der Waals surface area contributed by atoms with Gasteiger partial charge < -0.3 is 10.2 Å². The topological polar surface area (TPSA) is 32.3 Å². The lowest BCUT2D eigenvalue weighted by Crippen LogP contribution is -2.44. The highest BCUT2D eigenvalue weighted by Gasteiger charge is 2.31. The number of nitrogens with zero attached hydrogens (tertiary/aromatic N) is 1. The zero-order valence-corrected chi connectivity index (χ0v) is 21.1. The van der Waals surface area contributed by atoms with Crippen LogP contribution in [0, 0.1) is 17.8 Å². The van der Waals surface area contributed by atoms with Crippen LogP contribution >= 0.6 is 0 Å². The van der Waals surface area contributed by atoms with E-state index in [0.717, 1.165) is 57.2 Å². The fraction of sp³-hybridized carbons (Fsp3) is 0.750. The summed E-state index contributed by atoms with van der Waals surface area (Å²) in [5.74, 6) is 2.63. The molecule has 1 fully saturated rings. The molecule has 0 bridgehead atoms. The van der Waals surface area contributed by atoms with Crippen LogP contribution in [-0.4, -0.2) is 29.9 Å². The Morgan fingerprint density at radius 1 is 1.06 bits per heavy atom. The van der Waals surface area contributed by atoms with Crippen LogP contribution in [0.3, 0.4) is 0 Å². The zero-order valence-electron chi connectivity index (χ0n) is 21.1. The molecule has 0 heterocycles. The molecule has 1 N–H and O–H groups in total. The first-order valence-electron chi connectivity index (χ1n) is 12.9. The van der Waals surface area contributed by atoms with Crippen molar-refractivity contribution in [1.82, 2.24) is 10.2 Å². The maximum atomic E-state index is 13.7. The highest BCUT2D eigenvalue weighted by molar-refractivity contribution is 5.79. The van der Waals surface area contributed by atoms with Crippen molar-refractivity contribution >= 4 is 5.91 Å². The summed E-state index contributed by atoms with van der Waals surface area (Å²) in [6.45, 7) is 16.4. The van der Waals surface area contributed by atoms with E-state index in [1.54, 1.807) is 0 Å². The molecule has 1 aliphatic carbocycles. The van der Waals surface area contributed by atoms with Crippen molar-refractivity contribution in [2.24, 2.45) is 17.8 Å². The average molecular weight is 429 g/mol. The molecule has 1 aromatic rings. The van der Waals surface area contributed by atoms with E-state index in [0.29, 0.717) is 17.9 Å². The first-order chi connectivity index (χ1) is 14.8. The van der Waals surface area contributed by atoms with E-state index >= 15 is 0 Å². The van der Waals surface area contributed by atoms with Gasteiger partial charge in [-0.3, -0.25) is 4.79 Å². The second-order valence-corrected chi connectivity index (χ2v) is 10.6. The van der Waals surface area contributed by atoms with Crippen molar-refractivity contribution in [2.75, 3.05) is 13.1 Å². The van der Waals surface area contributed by atoms with E-state index < -0.39 is 0 Å². The van der Waals surface area contributed by atoms with Crippen molar-refractivity contribution in [3.05, 3.63) is 35.4 Å². The van der Waals surface area contributed by atoms with Crippen LogP contribution in [0.15, 0.2) is 24.3 Å². The monoisotopic (exact) mass is 428 g/mol. The quantitative estimate of drug-likeness (QED) is 0.373. The Morgan fingerprint density at radius 3 is 2.35 bits per heavy atom. The molecule has 3 nitrogen and oxygen atoms in total. The fourth-order valence-corrected chi connectivity index (χ4v) is 4.74. The van der Waals surface area contributed by atoms with Gasteiger partial charge in [-0.2, -0.15) is 0 Å². The average Bonchev–Trinajstić information content (AvgIpc) is 2.75. The van der Waals surface area contributed by atoms with Crippen molar-refractivity contribution < 1.29 is 4.79 Å². The number of hydrogen-bond donors (Lipinski definition) is 1. The summed E-state index contributed by atoms with van der Waals surface area (Å²) in [7, 11) is 0. The Kier molecular flexibility index (Phi) is 11.1. The molecule has 2 rings (SSSR count). The van der Waals surface area contributed by atoms with Crippen molar-refractivity contribution in [1.29, 1.82) is 0 Å². The number of hydrogen-bond acceptors (Lipinski definition) is 2. The Hall–Kier alpha value is -1.35. The van der Waals surface area contributed by atoms with E-state index in [1.165, 1.54) is 30.4 Å². The minimum absolute atomic E-state index is 0.215. The molecule has 0 spiro atoms. The normalized spacial score (nSPS) is 20.3. The van der Waals surface area contributed by atoms with Gasteiger partial charge in [-0.25, -0.2) is 0 Å². The minimum atomic E-state index is 0.215. The van der Waals surface area contributed by atoms with Gasteiger partial charge >= 0.3 is 0 Å². The lowest BCUT2D eigenvalue weighted by atomic mass is 9.82. The van der Waals surface area contributed by atoms with Crippen LogP contribution in [0.2, 0.25) is 0 Å². The first kappa shape index (κ1) is 25.9. The third kappa shape index (κ3) is 8.60. The van der Waals surface area contributed by atoms with Gasteiger partial charge in [0.15, 0.2) is 0 Å². The number of nitrogens with one attached hydrogen (secondary N) is 1. The van der Waals surface area contributed by atoms with Gasteiger partial charge in [-0.1, -0.05) is 65.8 Å². The van der Waals surface area contributed by atoms with Gasteiger partial charge in [0.1, 0.15) is 0 Å². The van der Waals surface area contributed by atoms with Crippen LogP contribution in [0.1, 0.15) is 104 Å². The SMILES string of the molecule is CCC(CCNCCC(C)C)N(Cc1cccc(C(C)C)c1)C(=O)C1CCC(C)CC1. The Labute approximate surface area is 192 Å². The van der Waals surface area contributed by atoms with Crippen LogP contribution in [-0.2, 0) is 11.3 Å². The fourth-order valence-electron chi connectivity index (χ4n) is 4.74. The highest BCUT2D eigenvalue weighted by atomic mass is 16.2. The Bertz CT molecular complexity index is 646. The molecular weight excluding hydrogens is 380 g/mol. The third-order valence-corrected chi connectivity index (χ3v) is 7.08. The van der Waals surface area contributed by atoms with E-state index in [1.807, 2.05) is 0 Å². The number of rotatable bonds is 12. The number of benzene rings is 1. The molecule has 176 valence electrons. The Balaban J connectivity index is 2.11. The van der Waals surface area contributed by atoms with Crippen LogP contribution in [0.5, 0.6) is 0 Å². The molecule has 1 aromatic carbocycles. The molecule has 1 saturated carbocycles. The van der Waals surface area contributed by atoms with Crippen molar-refractivity contribution in [2.45, 2.75) is 105 Å². The molecule has 0 radical (unpaired) electrons. The molecule has 3 heteroatoms. The van der Waals surface area contributed by atoms with E-state index in [4.69, 9.17) is 0 Å². The van der Waals surface area contributed by atoms with Gasteiger partial charge in [-0.15, -0.1) is 0 Å². The second-order valence-electron chi connectivity index (χ2n) is 10.6. The largest absolute Gasteiger partial charge is 0.335 e. The van der Waals surface area contributed by atoms with Crippen LogP contribution in [0.4, 0.5) is 0 Å². The lowest BCUT2D eigenvalue weighted by Gasteiger charge is -2.36. The maximum Gasteiger partial charge on any atom is 0.226 e. The smallest absolute Gasteiger partial charge is 0.226 e. The number of amides is 1. The third-order valence-electron chi connectivity index (χ3n) is 7.08. The van der Waals surface area contributed by atoms with Gasteiger partial charge in [0.05, 0.1) is 0 Å². The van der Waals surface area contributed by atoms with E-state index in [9.17, 15) is 4.79 Å². The van der Waals surface area contributed by atoms with Crippen LogP contribution < -0.4 is 5.32 Å². The molecule has 31 heavy (non-hydrogen) atoms. The maximum absolute atomic E-state index is 13.7. The molecular formula is C28H48N2O. The minimum Gasteiger partial charge on any atom is -0.335 e. The Morgan fingerprint density at radius 2 is 1.74 bits per heavy atom. The molecule has 0 saturated heterocycles.